The van der Waals surface area contributed by atoms with E-state index in [4.69, 9.17) is 10.4 Å². The Morgan fingerprint density at radius 1 is 1.28 bits per heavy atom. The molecule has 0 atom stereocenters. The Bertz CT molecular complexity index is 646. The zero-order valence-electron chi connectivity index (χ0n) is 10.1. The molecule has 4 heteroatoms. The van der Waals surface area contributed by atoms with Crippen LogP contribution in [0.1, 0.15) is 27.3 Å². The zero-order chi connectivity index (χ0) is 13.3. The predicted molar refractivity (Wildman–Crippen MR) is 66.9 cm³/mol. The van der Waals surface area contributed by atoms with E-state index in [2.05, 4.69) is 6.07 Å². The van der Waals surface area contributed by atoms with Gasteiger partial charge in [0, 0.05) is 17.1 Å². The number of aryl methyl sites for hydroxylation is 1. The number of rotatable bonds is 2. The second-order valence-electron chi connectivity index (χ2n) is 4.08. The van der Waals surface area contributed by atoms with E-state index in [1.54, 1.807) is 24.3 Å². The van der Waals surface area contributed by atoms with Crippen molar-refractivity contribution in [2.24, 2.45) is 0 Å². The first-order valence-corrected chi connectivity index (χ1v) is 5.47. The first-order valence-electron chi connectivity index (χ1n) is 5.47. The van der Waals surface area contributed by atoms with Crippen LogP contribution in [0.4, 0.5) is 0 Å². The third-order valence-corrected chi connectivity index (χ3v) is 2.92. The number of benzene rings is 1. The van der Waals surface area contributed by atoms with Gasteiger partial charge >= 0.3 is 5.97 Å². The molecule has 0 saturated carbocycles. The standard InChI is InChI=1S/C14H12N2O2/c1-9-7-12(8-15)10(2)16(9)13-5-3-11(4-6-13)14(17)18/h3-7H,1-2H3,(H,17,18). The molecule has 1 aromatic heterocycles. The van der Waals surface area contributed by atoms with Crippen molar-refractivity contribution >= 4 is 5.97 Å². The topological polar surface area (TPSA) is 66.0 Å². The van der Waals surface area contributed by atoms with Crippen molar-refractivity contribution in [3.05, 3.63) is 52.8 Å². The second kappa shape index (κ2) is 4.38. The van der Waals surface area contributed by atoms with E-state index >= 15 is 0 Å². The van der Waals surface area contributed by atoms with Crippen molar-refractivity contribution in [2.45, 2.75) is 13.8 Å². The molecule has 0 fully saturated rings. The number of nitrogens with zero attached hydrogens (tertiary/aromatic N) is 2. The van der Waals surface area contributed by atoms with E-state index in [0.29, 0.717) is 5.56 Å². The van der Waals surface area contributed by atoms with E-state index in [1.807, 2.05) is 24.5 Å². The molecule has 18 heavy (non-hydrogen) atoms. The normalized spacial score (nSPS) is 10.1. The Morgan fingerprint density at radius 3 is 2.33 bits per heavy atom. The largest absolute Gasteiger partial charge is 0.478 e. The Balaban J connectivity index is 2.53. The number of hydrogen-bond donors (Lipinski definition) is 1. The molecule has 1 heterocycles. The van der Waals surface area contributed by atoms with Gasteiger partial charge in [-0.25, -0.2) is 4.79 Å². The molecule has 0 aliphatic heterocycles. The SMILES string of the molecule is Cc1cc(C#N)c(C)n1-c1ccc(C(=O)O)cc1. The lowest BCUT2D eigenvalue weighted by molar-refractivity contribution is 0.0697. The number of carbonyl (C=O) groups is 1. The van der Waals surface area contributed by atoms with Crippen LogP contribution in [0.3, 0.4) is 0 Å². The molecule has 0 saturated heterocycles. The van der Waals surface area contributed by atoms with Gasteiger partial charge in [0.05, 0.1) is 11.1 Å². The van der Waals surface area contributed by atoms with Crippen LogP contribution in [-0.2, 0) is 0 Å². The smallest absolute Gasteiger partial charge is 0.335 e. The third kappa shape index (κ3) is 1.87. The summed E-state index contributed by atoms with van der Waals surface area (Å²) in [5, 5.41) is 17.8. The molecule has 90 valence electrons. The van der Waals surface area contributed by atoms with Crippen molar-refractivity contribution in [3.8, 4) is 11.8 Å². The fourth-order valence-electron chi connectivity index (χ4n) is 2.03. The highest BCUT2D eigenvalue weighted by atomic mass is 16.4. The summed E-state index contributed by atoms with van der Waals surface area (Å²) in [6.07, 6.45) is 0. The summed E-state index contributed by atoms with van der Waals surface area (Å²) in [7, 11) is 0. The maximum absolute atomic E-state index is 10.8. The summed E-state index contributed by atoms with van der Waals surface area (Å²) >= 11 is 0. The van der Waals surface area contributed by atoms with Crippen molar-refractivity contribution in [3.63, 3.8) is 0 Å². The van der Waals surface area contributed by atoms with Crippen molar-refractivity contribution < 1.29 is 9.90 Å². The first kappa shape index (κ1) is 11.9. The fraction of sp³-hybridized carbons (Fsp3) is 0.143. The van der Waals surface area contributed by atoms with Gasteiger partial charge < -0.3 is 9.67 Å². The number of hydrogen-bond acceptors (Lipinski definition) is 2. The lowest BCUT2D eigenvalue weighted by atomic mass is 10.2. The monoisotopic (exact) mass is 240 g/mol. The number of aromatic nitrogens is 1. The average Bonchev–Trinajstić information content (AvgIpc) is 2.64. The van der Waals surface area contributed by atoms with Gasteiger partial charge in [0.15, 0.2) is 0 Å². The molecule has 0 aliphatic carbocycles. The van der Waals surface area contributed by atoms with E-state index in [9.17, 15) is 4.79 Å². The van der Waals surface area contributed by atoms with Gasteiger partial charge in [-0.2, -0.15) is 5.26 Å². The van der Waals surface area contributed by atoms with Gasteiger partial charge in [-0.15, -0.1) is 0 Å². The molecule has 1 aromatic carbocycles. The molecule has 0 amide bonds. The molecule has 0 unspecified atom stereocenters. The van der Waals surface area contributed by atoms with Crippen molar-refractivity contribution in [2.75, 3.05) is 0 Å². The van der Waals surface area contributed by atoms with Crippen LogP contribution < -0.4 is 0 Å². The van der Waals surface area contributed by atoms with Crippen LogP contribution in [0.15, 0.2) is 30.3 Å². The van der Waals surface area contributed by atoms with Gasteiger partial charge in [-0.05, 0) is 44.2 Å². The molecule has 0 radical (unpaired) electrons. The second-order valence-corrected chi connectivity index (χ2v) is 4.08. The summed E-state index contributed by atoms with van der Waals surface area (Å²) in [5.41, 5.74) is 3.55. The number of nitriles is 1. The lowest BCUT2D eigenvalue weighted by Crippen LogP contribution is -2.01. The Labute approximate surface area is 105 Å². The maximum atomic E-state index is 10.8. The average molecular weight is 240 g/mol. The minimum atomic E-state index is -0.944. The van der Waals surface area contributed by atoms with Crippen molar-refractivity contribution in [1.82, 2.24) is 4.57 Å². The minimum absolute atomic E-state index is 0.252. The molecule has 0 spiro atoms. The highest BCUT2D eigenvalue weighted by Gasteiger charge is 2.10. The van der Waals surface area contributed by atoms with E-state index in [1.165, 1.54) is 0 Å². The van der Waals surface area contributed by atoms with Crippen LogP contribution in [0, 0.1) is 25.2 Å². The van der Waals surface area contributed by atoms with E-state index in [-0.39, 0.29) is 5.56 Å². The quantitative estimate of drug-likeness (QED) is 0.877. The molecule has 1 N–H and O–H groups in total. The maximum Gasteiger partial charge on any atom is 0.335 e. The Hall–Kier alpha value is -2.54. The summed E-state index contributed by atoms with van der Waals surface area (Å²) in [4.78, 5) is 10.8. The van der Waals surface area contributed by atoms with Crippen LogP contribution in [-0.4, -0.2) is 15.6 Å². The predicted octanol–water partition coefficient (Wildman–Crippen LogP) is 2.66. The van der Waals surface area contributed by atoms with Crippen LogP contribution in [0.5, 0.6) is 0 Å². The molecule has 0 aliphatic rings. The van der Waals surface area contributed by atoms with Gasteiger partial charge in [0.2, 0.25) is 0 Å². The van der Waals surface area contributed by atoms with Crippen LogP contribution in [0.2, 0.25) is 0 Å². The molecule has 4 nitrogen and oxygen atoms in total. The summed E-state index contributed by atoms with van der Waals surface area (Å²) in [5.74, 6) is -0.944. The molecule has 2 aromatic rings. The van der Waals surface area contributed by atoms with Crippen LogP contribution in [0.25, 0.3) is 5.69 Å². The molecular formula is C14H12N2O2. The number of carboxylic acid groups (broad SMARTS) is 1. The Kier molecular flexibility index (Phi) is 2.90. The van der Waals surface area contributed by atoms with E-state index in [0.717, 1.165) is 17.1 Å². The van der Waals surface area contributed by atoms with Crippen molar-refractivity contribution in [1.29, 1.82) is 5.26 Å². The number of carboxylic acids is 1. The lowest BCUT2D eigenvalue weighted by Gasteiger charge is -2.09. The molecule has 0 bridgehead atoms. The highest BCUT2D eigenvalue weighted by molar-refractivity contribution is 5.87. The number of aromatic carboxylic acids is 1. The molecular weight excluding hydrogens is 228 g/mol. The fourth-order valence-corrected chi connectivity index (χ4v) is 2.03. The van der Waals surface area contributed by atoms with Gasteiger partial charge in [-0.1, -0.05) is 0 Å². The highest BCUT2D eigenvalue weighted by Crippen LogP contribution is 2.20. The van der Waals surface area contributed by atoms with Gasteiger partial charge in [-0.3, -0.25) is 0 Å². The minimum Gasteiger partial charge on any atom is -0.478 e. The first-order chi connectivity index (χ1) is 8.54. The third-order valence-electron chi connectivity index (χ3n) is 2.92. The summed E-state index contributed by atoms with van der Waals surface area (Å²) < 4.78 is 1.93. The summed E-state index contributed by atoms with van der Waals surface area (Å²) in [6, 6.07) is 10.6. The summed E-state index contributed by atoms with van der Waals surface area (Å²) in [6.45, 7) is 3.79. The Morgan fingerprint density at radius 2 is 1.89 bits per heavy atom. The van der Waals surface area contributed by atoms with Crippen LogP contribution >= 0.6 is 0 Å². The van der Waals surface area contributed by atoms with Gasteiger partial charge in [0.25, 0.3) is 0 Å². The zero-order valence-corrected chi connectivity index (χ0v) is 10.1. The molecule has 2 rings (SSSR count). The van der Waals surface area contributed by atoms with Gasteiger partial charge in [0.1, 0.15) is 6.07 Å². The van der Waals surface area contributed by atoms with E-state index < -0.39 is 5.97 Å².